The summed E-state index contributed by atoms with van der Waals surface area (Å²) in [6.07, 6.45) is 4.56. The Labute approximate surface area is 93.5 Å². The highest BCUT2D eigenvalue weighted by molar-refractivity contribution is 5.93. The lowest BCUT2D eigenvalue weighted by Gasteiger charge is -2.07. The molecule has 0 atom stereocenters. The topological polar surface area (TPSA) is 84.0 Å². The lowest BCUT2D eigenvalue weighted by molar-refractivity contribution is -0.122. The number of nitrogens with zero attached hydrogens (tertiary/aromatic N) is 2. The van der Waals surface area contributed by atoms with Gasteiger partial charge in [0.1, 0.15) is 5.69 Å². The van der Waals surface area contributed by atoms with Gasteiger partial charge in [0.15, 0.2) is 0 Å². The lowest BCUT2D eigenvalue weighted by Crippen LogP contribution is -2.42. The first-order chi connectivity index (χ1) is 7.59. The van der Waals surface area contributed by atoms with Gasteiger partial charge in [-0.15, -0.1) is 0 Å². The smallest absolute Gasteiger partial charge is 0.273 e. The number of hydrogen-bond donors (Lipinski definition) is 2. The zero-order chi connectivity index (χ0) is 12.0. The Balaban J connectivity index is 2.39. The molecule has 0 aliphatic carbocycles. The molecule has 1 rings (SSSR count). The van der Waals surface area contributed by atoms with Crippen molar-refractivity contribution in [2.75, 3.05) is 0 Å². The van der Waals surface area contributed by atoms with E-state index in [0.29, 0.717) is 6.42 Å². The fourth-order valence-electron chi connectivity index (χ4n) is 1.03. The molecule has 0 saturated carbocycles. The van der Waals surface area contributed by atoms with Crippen LogP contribution in [0.4, 0.5) is 0 Å². The summed E-state index contributed by atoms with van der Waals surface area (Å²) < 4.78 is 0. The number of hydrogen-bond acceptors (Lipinski definition) is 4. The van der Waals surface area contributed by atoms with Crippen LogP contribution in [0.2, 0.25) is 0 Å². The maximum absolute atomic E-state index is 11.4. The third kappa shape index (κ3) is 4.04. The number of nitrogens with one attached hydrogen (secondary N) is 2. The van der Waals surface area contributed by atoms with E-state index >= 15 is 0 Å². The quantitative estimate of drug-likeness (QED) is 0.720. The van der Waals surface area contributed by atoms with E-state index in [2.05, 4.69) is 20.8 Å². The Kier molecular flexibility index (Phi) is 4.38. The summed E-state index contributed by atoms with van der Waals surface area (Å²) in [4.78, 5) is 30.2. The molecule has 16 heavy (non-hydrogen) atoms. The van der Waals surface area contributed by atoms with Crippen LogP contribution >= 0.6 is 0 Å². The number of aromatic nitrogens is 2. The molecular weight excluding hydrogens is 208 g/mol. The van der Waals surface area contributed by atoms with Crippen LogP contribution in [0.25, 0.3) is 0 Å². The molecule has 86 valence electrons. The van der Waals surface area contributed by atoms with E-state index in [4.69, 9.17) is 0 Å². The summed E-state index contributed by atoms with van der Waals surface area (Å²) in [7, 11) is 0. The molecule has 1 aromatic heterocycles. The zero-order valence-corrected chi connectivity index (χ0v) is 9.23. The molecule has 0 saturated heterocycles. The maximum Gasteiger partial charge on any atom is 0.289 e. The first-order valence-electron chi connectivity index (χ1n) is 4.94. The highest BCUT2D eigenvalue weighted by Gasteiger charge is 2.09. The zero-order valence-electron chi connectivity index (χ0n) is 9.23. The third-order valence-electron chi connectivity index (χ3n) is 1.70. The van der Waals surface area contributed by atoms with Crippen molar-refractivity contribution in [2.45, 2.75) is 20.3 Å². The minimum Gasteiger partial charge on any atom is -0.273 e. The van der Waals surface area contributed by atoms with Crippen LogP contribution in [-0.4, -0.2) is 21.8 Å². The van der Waals surface area contributed by atoms with Crippen molar-refractivity contribution in [1.82, 2.24) is 20.8 Å². The second-order valence-corrected chi connectivity index (χ2v) is 3.69. The van der Waals surface area contributed by atoms with Gasteiger partial charge < -0.3 is 0 Å². The minimum absolute atomic E-state index is 0.160. The third-order valence-corrected chi connectivity index (χ3v) is 1.70. The van der Waals surface area contributed by atoms with Crippen LogP contribution in [-0.2, 0) is 4.79 Å². The molecule has 0 unspecified atom stereocenters. The number of rotatable bonds is 3. The van der Waals surface area contributed by atoms with Gasteiger partial charge in [-0.2, -0.15) is 0 Å². The van der Waals surface area contributed by atoms with Crippen molar-refractivity contribution in [1.29, 1.82) is 0 Å². The van der Waals surface area contributed by atoms with Crippen molar-refractivity contribution in [3.63, 3.8) is 0 Å². The SMILES string of the molecule is CC(C)CC(=O)NNC(=O)c1cnccn1. The van der Waals surface area contributed by atoms with Crippen LogP contribution in [0.1, 0.15) is 30.8 Å². The number of amides is 2. The summed E-state index contributed by atoms with van der Waals surface area (Å²) in [5.74, 6) is -0.467. The molecule has 2 N–H and O–H groups in total. The molecule has 0 bridgehead atoms. The molecule has 0 aliphatic rings. The average Bonchev–Trinajstić information content (AvgIpc) is 2.26. The van der Waals surface area contributed by atoms with E-state index in [0.717, 1.165) is 0 Å². The molecule has 1 aromatic rings. The Morgan fingerprint density at radius 2 is 2.06 bits per heavy atom. The van der Waals surface area contributed by atoms with E-state index in [1.165, 1.54) is 18.6 Å². The van der Waals surface area contributed by atoms with Crippen molar-refractivity contribution < 1.29 is 9.59 Å². The Morgan fingerprint density at radius 1 is 1.31 bits per heavy atom. The van der Waals surface area contributed by atoms with Gasteiger partial charge in [-0.1, -0.05) is 13.8 Å². The second kappa shape index (κ2) is 5.79. The Morgan fingerprint density at radius 3 is 2.62 bits per heavy atom. The minimum atomic E-state index is -0.481. The average molecular weight is 222 g/mol. The molecule has 0 spiro atoms. The van der Waals surface area contributed by atoms with Gasteiger partial charge in [-0.3, -0.25) is 25.4 Å². The Hall–Kier alpha value is -1.98. The molecule has 0 radical (unpaired) electrons. The van der Waals surface area contributed by atoms with Gasteiger partial charge in [0.25, 0.3) is 5.91 Å². The van der Waals surface area contributed by atoms with Gasteiger partial charge in [0.2, 0.25) is 5.91 Å². The molecule has 6 heteroatoms. The number of hydrazine groups is 1. The van der Waals surface area contributed by atoms with Gasteiger partial charge in [0.05, 0.1) is 6.20 Å². The van der Waals surface area contributed by atoms with Gasteiger partial charge in [-0.25, -0.2) is 4.98 Å². The summed E-state index contributed by atoms with van der Waals surface area (Å²) in [5.41, 5.74) is 4.73. The molecule has 6 nitrogen and oxygen atoms in total. The monoisotopic (exact) mass is 222 g/mol. The Bertz CT molecular complexity index is 364. The van der Waals surface area contributed by atoms with Crippen molar-refractivity contribution in [3.8, 4) is 0 Å². The van der Waals surface area contributed by atoms with Crippen LogP contribution in [0.15, 0.2) is 18.6 Å². The highest BCUT2D eigenvalue weighted by Crippen LogP contribution is 1.97. The lowest BCUT2D eigenvalue weighted by atomic mass is 10.1. The van der Waals surface area contributed by atoms with Crippen LogP contribution in [0, 0.1) is 5.92 Å². The molecular formula is C10H14N4O2. The molecule has 1 heterocycles. The first kappa shape index (κ1) is 12.1. The fourth-order valence-corrected chi connectivity index (χ4v) is 1.03. The highest BCUT2D eigenvalue weighted by atomic mass is 16.2. The van der Waals surface area contributed by atoms with Gasteiger partial charge in [-0.05, 0) is 5.92 Å². The van der Waals surface area contributed by atoms with E-state index in [1.54, 1.807) is 0 Å². The summed E-state index contributed by atoms with van der Waals surface area (Å²) >= 11 is 0. The predicted molar refractivity (Wildman–Crippen MR) is 57.1 cm³/mol. The standard InChI is InChI=1S/C10H14N4O2/c1-7(2)5-9(15)13-14-10(16)8-6-11-3-4-12-8/h3-4,6-7H,5H2,1-2H3,(H,13,15)(H,14,16). The maximum atomic E-state index is 11.4. The van der Waals surface area contributed by atoms with Crippen molar-refractivity contribution >= 4 is 11.8 Å². The van der Waals surface area contributed by atoms with E-state index in [-0.39, 0.29) is 17.5 Å². The summed E-state index contributed by atoms with van der Waals surface area (Å²) in [6, 6.07) is 0. The van der Waals surface area contributed by atoms with Crippen molar-refractivity contribution in [3.05, 3.63) is 24.3 Å². The van der Waals surface area contributed by atoms with Crippen LogP contribution < -0.4 is 10.9 Å². The molecule has 0 aromatic carbocycles. The van der Waals surface area contributed by atoms with E-state index in [9.17, 15) is 9.59 Å². The van der Waals surface area contributed by atoms with E-state index < -0.39 is 5.91 Å². The number of carbonyl (C=O) groups is 2. The van der Waals surface area contributed by atoms with E-state index in [1.807, 2.05) is 13.8 Å². The molecule has 0 aliphatic heterocycles. The first-order valence-corrected chi connectivity index (χ1v) is 4.94. The molecule has 0 fully saturated rings. The number of carbonyl (C=O) groups excluding carboxylic acids is 2. The normalized spacial score (nSPS) is 9.94. The summed E-state index contributed by atoms with van der Waals surface area (Å²) in [6.45, 7) is 3.84. The predicted octanol–water partition coefficient (Wildman–Crippen LogP) is 0.284. The van der Waals surface area contributed by atoms with Gasteiger partial charge in [0, 0.05) is 18.8 Å². The molecule has 2 amide bonds. The van der Waals surface area contributed by atoms with Crippen molar-refractivity contribution in [2.24, 2.45) is 5.92 Å². The second-order valence-electron chi connectivity index (χ2n) is 3.69. The van der Waals surface area contributed by atoms with Crippen LogP contribution in [0.3, 0.4) is 0 Å². The van der Waals surface area contributed by atoms with Crippen LogP contribution in [0.5, 0.6) is 0 Å². The fraction of sp³-hybridized carbons (Fsp3) is 0.400. The van der Waals surface area contributed by atoms with Gasteiger partial charge >= 0.3 is 0 Å². The summed E-state index contributed by atoms with van der Waals surface area (Å²) in [5, 5.41) is 0. The largest absolute Gasteiger partial charge is 0.289 e.